The van der Waals surface area contributed by atoms with Crippen LogP contribution in [0.5, 0.6) is 0 Å². The lowest BCUT2D eigenvalue weighted by molar-refractivity contribution is 0.585. The van der Waals surface area contributed by atoms with Crippen molar-refractivity contribution in [2.45, 2.75) is 31.9 Å². The second-order valence-corrected chi connectivity index (χ2v) is 11.0. The zero-order valence-electron chi connectivity index (χ0n) is 15.6. The number of hydrogen-bond acceptors (Lipinski definition) is 4. The number of hydrogen-bond donors (Lipinski definition) is 1. The number of nitrogens with zero attached hydrogens (tertiary/aromatic N) is 1. The molecule has 3 rings (SSSR count). The van der Waals surface area contributed by atoms with Gasteiger partial charge in [-0.1, -0.05) is 30.7 Å². The maximum atomic E-state index is 12.5. The molecule has 152 valence electrons. The fourth-order valence-corrected chi connectivity index (χ4v) is 6.36. The van der Waals surface area contributed by atoms with Crippen LogP contribution >= 0.6 is 11.6 Å². The molecule has 1 heterocycles. The minimum atomic E-state index is -3.62. The van der Waals surface area contributed by atoms with E-state index in [9.17, 15) is 16.8 Å². The molecule has 2 aromatic rings. The first-order valence-corrected chi connectivity index (χ1v) is 12.7. The van der Waals surface area contributed by atoms with Crippen LogP contribution in [0.3, 0.4) is 0 Å². The summed E-state index contributed by atoms with van der Waals surface area (Å²) in [4.78, 5) is 0. The molecule has 0 saturated heterocycles. The Kier molecular flexibility index (Phi) is 6.21. The average Bonchev–Trinajstić information content (AvgIpc) is 2.60. The molecule has 0 atom stereocenters. The molecule has 0 radical (unpaired) electrons. The van der Waals surface area contributed by atoms with Crippen LogP contribution < -0.4 is 9.03 Å². The lowest BCUT2D eigenvalue weighted by Gasteiger charge is -2.30. The van der Waals surface area contributed by atoms with Crippen LogP contribution in [0.1, 0.15) is 30.9 Å². The highest BCUT2D eigenvalue weighted by Gasteiger charge is 2.27. The molecule has 28 heavy (non-hydrogen) atoms. The SMILES string of the molecule is CCCS(=O)(=O)N1CCCc2cc(NS(=O)(=O)Cc3cccc(Cl)c3)ccc21. The molecule has 1 aliphatic rings. The third-order valence-electron chi connectivity index (χ3n) is 4.47. The van der Waals surface area contributed by atoms with Gasteiger partial charge in [0.1, 0.15) is 0 Å². The van der Waals surface area contributed by atoms with Crippen molar-refractivity contribution in [1.82, 2.24) is 0 Å². The first kappa shape index (κ1) is 21.0. The van der Waals surface area contributed by atoms with Crippen LogP contribution in [0, 0.1) is 0 Å². The number of nitrogens with one attached hydrogen (secondary N) is 1. The van der Waals surface area contributed by atoms with Gasteiger partial charge in [-0.25, -0.2) is 16.8 Å². The molecule has 0 bridgehead atoms. The molecule has 0 saturated carbocycles. The van der Waals surface area contributed by atoms with Crippen LogP contribution in [-0.4, -0.2) is 29.1 Å². The summed E-state index contributed by atoms with van der Waals surface area (Å²) in [5, 5.41) is 0.481. The highest BCUT2D eigenvalue weighted by atomic mass is 35.5. The van der Waals surface area contributed by atoms with Gasteiger partial charge in [-0.3, -0.25) is 9.03 Å². The highest BCUT2D eigenvalue weighted by Crippen LogP contribution is 2.32. The molecule has 0 aliphatic carbocycles. The first-order chi connectivity index (χ1) is 13.2. The van der Waals surface area contributed by atoms with Crippen molar-refractivity contribution in [1.29, 1.82) is 0 Å². The van der Waals surface area contributed by atoms with Crippen LogP contribution in [0.15, 0.2) is 42.5 Å². The summed E-state index contributed by atoms with van der Waals surface area (Å²) in [5.74, 6) is -0.0951. The third kappa shape index (κ3) is 4.98. The van der Waals surface area contributed by atoms with Gasteiger partial charge in [-0.2, -0.15) is 0 Å². The molecule has 2 aromatic carbocycles. The third-order valence-corrected chi connectivity index (χ3v) is 7.94. The highest BCUT2D eigenvalue weighted by molar-refractivity contribution is 7.92. The van der Waals surface area contributed by atoms with Gasteiger partial charge in [-0.15, -0.1) is 0 Å². The molecule has 6 nitrogen and oxygen atoms in total. The molecule has 0 aromatic heterocycles. The Bertz CT molecular complexity index is 1070. The van der Waals surface area contributed by atoms with E-state index in [2.05, 4.69) is 4.72 Å². The standard InChI is InChI=1S/C19H23ClN2O4S2/c1-2-11-28(25,26)22-10-4-6-16-13-18(8-9-19(16)22)21-27(23,24)14-15-5-3-7-17(20)12-15/h3,5,7-9,12-13,21H,2,4,6,10-11,14H2,1H3. The predicted octanol–water partition coefficient (Wildman–Crippen LogP) is 3.77. The molecular formula is C19H23ClN2O4S2. The number of sulfonamides is 2. The van der Waals surface area contributed by atoms with Crippen LogP contribution in [0.4, 0.5) is 11.4 Å². The van der Waals surface area contributed by atoms with E-state index in [1.54, 1.807) is 42.5 Å². The molecule has 0 unspecified atom stereocenters. The minimum Gasteiger partial charge on any atom is -0.283 e. The molecule has 9 heteroatoms. The quantitative estimate of drug-likeness (QED) is 0.707. The van der Waals surface area contributed by atoms with Crippen molar-refractivity contribution in [3.05, 3.63) is 58.6 Å². The van der Waals surface area contributed by atoms with Gasteiger partial charge in [0.05, 0.1) is 17.2 Å². The van der Waals surface area contributed by atoms with E-state index in [0.717, 1.165) is 5.56 Å². The number of rotatable bonds is 7. The maximum Gasteiger partial charge on any atom is 0.236 e. The van der Waals surface area contributed by atoms with E-state index >= 15 is 0 Å². The predicted molar refractivity (Wildman–Crippen MR) is 114 cm³/mol. The summed E-state index contributed by atoms with van der Waals surface area (Å²) in [6, 6.07) is 11.7. The summed E-state index contributed by atoms with van der Waals surface area (Å²) in [7, 11) is -6.98. The van der Waals surface area contributed by atoms with Gasteiger partial charge in [0.15, 0.2) is 0 Å². The Morgan fingerprint density at radius 2 is 1.89 bits per heavy atom. The lowest BCUT2D eigenvalue weighted by Crippen LogP contribution is -2.37. The summed E-state index contributed by atoms with van der Waals surface area (Å²) in [5.41, 5.74) is 2.48. The second kappa shape index (κ2) is 8.31. The molecular weight excluding hydrogens is 420 g/mol. The van der Waals surface area contributed by atoms with Crippen molar-refractivity contribution in [2.75, 3.05) is 21.3 Å². The minimum absolute atomic E-state index is 0.0977. The monoisotopic (exact) mass is 442 g/mol. The topological polar surface area (TPSA) is 83.6 Å². The zero-order valence-corrected chi connectivity index (χ0v) is 17.9. The smallest absolute Gasteiger partial charge is 0.236 e. The van der Waals surface area contributed by atoms with E-state index in [1.165, 1.54) is 4.31 Å². The number of fused-ring (bicyclic) bond motifs is 1. The molecule has 0 amide bonds. The Hall–Kier alpha value is -1.77. The Morgan fingerprint density at radius 3 is 2.61 bits per heavy atom. The van der Waals surface area contributed by atoms with Crippen LogP contribution in [-0.2, 0) is 32.2 Å². The van der Waals surface area contributed by atoms with E-state index in [0.29, 0.717) is 47.8 Å². The van der Waals surface area contributed by atoms with Crippen LogP contribution in [0.25, 0.3) is 0 Å². The van der Waals surface area contributed by atoms with Gasteiger partial charge >= 0.3 is 0 Å². The van der Waals surface area contributed by atoms with Gasteiger partial charge in [0.2, 0.25) is 20.0 Å². The maximum absolute atomic E-state index is 12.5. The van der Waals surface area contributed by atoms with Crippen molar-refractivity contribution in [3.63, 3.8) is 0 Å². The number of aryl methyl sites for hydroxylation is 1. The van der Waals surface area contributed by atoms with E-state index in [1.807, 2.05) is 6.92 Å². The normalized spacial score (nSPS) is 14.6. The fourth-order valence-electron chi connectivity index (χ4n) is 3.34. The average molecular weight is 443 g/mol. The molecule has 1 N–H and O–H groups in total. The second-order valence-electron chi connectivity index (χ2n) is 6.83. The number of benzene rings is 2. The Morgan fingerprint density at radius 1 is 1.11 bits per heavy atom. The van der Waals surface area contributed by atoms with E-state index in [4.69, 9.17) is 11.6 Å². The van der Waals surface area contributed by atoms with Crippen molar-refractivity contribution in [2.24, 2.45) is 0 Å². The van der Waals surface area contributed by atoms with Gasteiger partial charge in [-0.05, 0) is 60.7 Å². The number of halogens is 1. The van der Waals surface area contributed by atoms with E-state index < -0.39 is 20.0 Å². The lowest BCUT2D eigenvalue weighted by atomic mass is 10.0. The largest absolute Gasteiger partial charge is 0.283 e. The molecule has 0 fully saturated rings. The Balaban J connectivity index is 1.82. The van der Waals surface area contributed by atoms with Gasteiger partial charge in [0.25, 0.3) is 0 Å². The van der Waals surface area contributed by atoms with E-state index in [-0.39, 0.29) is 11.5 Å². The van der Waals surface area contributed by atoms with Crippen molar-refractivity contribution >= 4 is 43.0 Å². The summed E-state index contributed by atoms with van der Waals surface area (Å²) in [6.07, 6.45) is 1.96. The number of anilines is 2. The summed E-state index contributed by atoms with van der Waals surface area (Å²) < 4.78 is 54.0. The summed E-state index contributed by atoms with van der Waals surface area (Å²) >= 11 is 5.92. The molecule has 0 spiro atoms. The summed E-state index contributed by atoms with van der Waals surface area (Å²) in [6.45, 7) is 2.29. The van der Waals surface area contributed by atoms with Gasteiger partial charge in [0, 0.05) is 17.3 Å². The molecule has 1 aliphatic heterocycles. The van der Waals surface area contributed by atoms with Crippen molar-refractivity contribution < 1.29 is 16.8 Å². The van der Waals surface area contributed by atoms with Gasteiger partial charge < -0.3 is 0 Å². The first-order valence-electron chi connectivity index (χ1n) is 9.08. The zero-order chi connectivity index (χ0) is 20.4. The Labute approximate surface area is 171 Å². The van der Waals surface area contributed by atoms with Crippen LogP contribution in [0.2, 0.25) is 5.02 Å². The fraction of sp³-hybridized carbons (Fsp3) is 0.368. The van der Waals surface area contributed by atoms with Crippen molar-refractivity contribution in [3.8, 4) is 0 Å².